The van der Waals surface area contributed by atoms with Gasteiger partial charge in [-0.3, -0.25) is 9.69 Å². The van der Waals surface area contributed by atoms with E-state index in [2.05, 4.69) is 18.7 Å². The van der Waals surface area contributed by atoms with E-state index in [1.807, 2.05) is 7.05 Å². The predicted octanol–water partition coefficient (Wildman–Crippen LogP) is 0.171. The minimum atomic E-state index is -0.978. The third-order valence-corrected chi connectivity index (χ3v) is 4.20. The second kappa shape index (κ2) is 5.09. The molecule has 6 heteroatoms. The SMILES string of the molecule is CN1CCN(C(=O)C2CCC(C(=O)O)O2)CC1(C)C. The second-order valence-corrected chi connectivity index (χ2v) is 6.02. The highest BCUT2D eigenvalue weighted by molar-refractivity contribution is 5.83. The van der Waals surface area contributed by atoms with Crippen LogP contribution in [0.15, 0.2) is 0 Å². The van der Waals surface area contributed by atoms with Crippen LogP contribution in [0.4, 0.5) is 0 Å². The summed E-state index contributed by atoms with van der Waals surface area (Å²) in [6.07, 6.45) is -0.486. The van der Waals surface area contributed by atoms with Gasteiger partial charge in [0.25, 0.3) is 5.91 Å². The first-order valence-corrected chi connectivity index (χ1v) is 6.69. The van der Waals surface area contributed by atoms with Crippen LogP contribution in [-0.4, -0.2) is 71.2 Å². The van der Waals surface area contributed by atoms with Gasteiger partial charge < -0.3 is 14.7 Å². The second-order valence-electron chi connectivity index (χ2n) is 6.02. The number of aliphatic carboxylic acids is 1. The number of rotatable bonds is 2. The van der Waals surface area contributed by atoms with E-state index in [0.29, 0.717) is 25.9 Å². The van der Waals surface area contributed by atoms with Crippen LogP contribution in [0, 0.1) is 0 Å². The fraction of sp³-hybridized carbons (Fsp3) is 0.846. The number of carboxylic acids is 1. The molecule has 0 aliphatic carbocycles. The number of ether oxygens (including phenoxy) is 1. The maximum absolute atomic E-state index is 12.4. The van der Waals surface area contributed by atoms with Crippen molar-refractivity contribution in [3.05, 3.63) is 0 Å². The van der Waals surface area contributed by atoms with Gasteiger partial charge in [0, 0.05) is 25.2 Å². The first-order valence-electron chi connectivity index (χ1n) is 6.69. The molecule has 2 heterocycles. The van der Waals surface area contributed by atoms with Crippen molar-refractivity contribution >= 4 is 11.9 Å². The van der Waals surface area contributed by atoms with E-state index in [9.17, 15) is 9.59 Å². The summed E-state index contributed by atoms with van der Waals surface area (Å²) >= 11 is 0. The molecule has 2 aliphatic heterocycles. The lowest BCUT2D eigenvalue weighted by molar-refractivity contribution is -0.156. The Hall–Kier alpha value is -1.14. The molecule has 19 heavy (non-hydrogen) atoms. The molecule has 1 N–H and O–H groups in total. The molecule has 2 fully saturated rings. The molecular weight excluding hydrogens is 248 g/mol. The lowest BCUT2D eigenvalue weighted by Crippen LogP contribution is -2.60. The number of carboxylic acid groups (broad SMARTS) is 1. The zero-order chi connectivity index (χ0) is 14.2. The van der Waals surface area contributed by atoms with E-state index < -0.39 is 18.2 Å². The molecule has 0 spiro atoms. The average molecular weight is 270 g/mol. The van der Waals surface area contributed by atoms with Gasteiger partial charge in [-0.2, -0.15) is 0 Å². The van der Waals surface area contributed by atoms with E-state index in [1.54, 1.807) is 4.90 Å². The predicted molar refractivity (Wildman–Crippen MR) is 68.8 cm³/mol. The van der Waals surface area contributed by atoms with Crippen LogP contribution in [0.3, 0.4) is 0 Å². The highest BCUT2D eigenvalue weighted by Gasteiger charge is 2.40. The van der Waals surface area contributed by atoms with Crippen LogP contribution >= 0.6 is 0 Å². The Morgan fingerprint density at radius 2 is 1.84 bits per heavy atom. The fourth-order valence-electron chi connectivity index (χ4n) is 2.63. The summed E-state index contributed by atoms with van der Waals surface area (Å²) in [6, 6.07) is 0. The maximum atomic E-state index is 12.4. The number of amides is 1. The Morgan fingerprint density at radius 1 is 1.21 bits per heavy atom. The topological polar surface area (TPSA) is 70.1 Å². The molecule has 2 saturated heterocycles. The highest BCUT2D eigenvalue weighted by Crippen LogP contribution is 2.25. The molecule has 2 aliphatic rings. The summed E-state index contributed by atoms with van der Waals surface area (Å²) in [5, 5.41) is 8.88. The quantitative estimate of drug-likeness (QED) is 0.774. The van der Waals surface area contributed by atoms with Crippen molar-refractivity contribution in [2.24, 2.45) is 0 Å². The molecule has 0 radical (unpaired) electrons. The van der Waals surface area contributed by atoms with Crippen molar-refractivity contribution < 1.29 is 19.4 Å². The maximum Gasteiger partial charge on any atom is 0.332 e. The lowest BCUT2D eigenvalue weighted by Gasteiger charge is -2.45. The first-order chi connectivity index (χ1) is 8.81. The Bertz CT molecular complexity index is 383. The van der Waals surface area contributed by atoms with Crippen molar-refractivity contribution in [2.75, 3.05) is 26.7 Å². The van der Waals surface area contributed by atoms with Gasteiger partial charge in [-0.1, -0.05) is 0 Å². The van der Waals surface area contributed by atoms with Gasteiger partial charge in [-0.25, -0.2) is 4.79 Å². The van der Waals surface area contributed by atoms with E-state index >= 15 is 0 Å². The third kappa shape index (κ3) is 2.90. The van der Waals surface area contributed by atoms with Crippen LogP contribution in [0.5, 0.6) is 0 Å². The summed E-state index contributed by atoms with van der Waals surface area (Å²) in [6.45, 7) is 6.36. The van der Waals surface area contributed by atoms with Crippen molar-refractivity contribution in [1.29, 1.82) is 0 Å². The molecule has 0 bridgehead atoms. The molecule has 108 valence electrons. The Labute approximate surface area is 113 Å². The van der Waals surface area contributed by atoms with Gasteiger partial charge in [0.2, 0.25) is 0 Å². The van der Waals surface area contributed by atoms with Gasteiger partial charge in [0.15, 0.2) is 6.10 Å². The van der Waals surface area contributed by atoms with Crippen LogP contribution in [0.25, 0.3) is 0 Å². The van der Waals surface area contributed by atoms with E-state index in [-0.39, 0.29) is 11.4 Å². The molecule has 0 aromatic heterocycles. The monoisotopic (exact) mass is 270 g/mol. The van der Waals surface area contributed by atoms with Gasteiger partial charge >= 0.3 is 5.97 Å². The number of carbonyl (C=O) groups excluding carboxylic acids is 1. The number of likely N-dealkylation sites (N-methyl/N-ethyl adjacent to an activating group) is 1. The Kier molecular flexibility index (Phi) is 3.82. The summed E-state index contributed by atoms with van der Waals surface area (Å²) in [7, 11) is 2.05. The molecule has 6 nitrogen and oxygen atoms in total. The van der Waals surface area contributed by atoms with Crippen molar-refractivity contribution in [3.63, 3.8) is 0 Å². The smallest absolute Gasteiger partial charge is 0.332 e. The highest BCUT2D eigenvalue weighted by atomic mass is 16.5. The molecular formula is C13H22N2O4. The van der Waals surface area contributed by atoms with Crippen LogP contribution in [0.2, 0.25) is 0 Å². The molecule has 0 aromatic rings. The zero-order valence-corrected chi connectivity index (χ0v) is 11.8. The fourth-order valence-corrected chi connectivity index (χ4v) is 2.63. The van der Waals surface area contributed by atoms with Gasteiger partial charge in [0.1, 0.15) is 6.10 Å². The van der Waals surface area contributed by atoms with Crippen LogP contribution in [0.1, 0.15) is 26.7 Å². The van der Waals surface area contributed by atoms with Crippen molar-refractivity contribution in [3.8, 4) is 0 Å². The first kappa shape index (κ1) is 14.3. The molecule has 2 unspecified atom stereocenters. The molecule has 0 saturated carbocycles. The molecule has 2 atom stereocenters. The number of piperazine rings is 1. The molecule has 1 amide bonds. The Balaban J connectivity index is 1.96. The number of carbonyl (C=O) groups is 2. The minimum absolute atomic E-state index is 0.0568. The van der Waals surface area contributed by atoms with Gasteiger partial charge in [0.05, 0.1) is 0 Å². The summed E-state index contributed by atoms with van der Waals surface area (Å²) in [5.41, 5.74) is -0.0568. The number of hydrogen-bond donors (Lipinski definition) is 1. The minimum Gasteiger partial charge on any atom is -0.479 e. The van der Waals surface area contributed by atoms with E-state index in [4.69, 9.17) is 9.84 Å². The van der Waals surface area contributed by atoms with Crippen LogP contribution < -0.4 is 0 Å². The van der Waals surface area contributed by atoms with Crippen molar-refractivity contribution in [1.82, 2.24) is 9.80 Å². The summed E-state index contributed by atoms with van der Waals surface area (Å²) in [5.74, 6) is -1.04. The van der Waals surface area contributed by atoms with Gasteiger partial charge in [-0.15, -0.1) is 0 Å². The van der Waals surface area contributed by atoms with E-state index in [1.165, 1.54) is 0 Å². The summed E-state index contributed by atoms with van der Waals surface area (Å²) in [4.78, 5) is 27.2. The molecule has 2 rings (SSSR count). The van der Waals surface area contributed by atoms with Crippen LogP contribution in [-0.2, 0) is 14.3 Å². The van der Waals surface area contributed by atoms with Crippen molar-refractivity contribution in [2.45, 2.75) is 44.4 Å². The lowest BCUT2D eigenvalue weighted by atomic mass is 9.99. The van der Waals surface area contributed by atoms with E-state index in [0.717, 1.165) is 6.54 Å². The molecule has 0 aromatic carbocycles. The number of hydrogen-bond acceptors (Lipinski definition) is 4. The Morgan fingerprint density at radius 3 is 2.37 bits per heavy atom. The number of nitrogens with zero attached hydrogens (tertiary/aromatic N) is 2. The normalized spacial score (nSPS) is 31.4. The largest absolute Gasteiger partial charge is 0.479 e. The summed E-state index contributed by atoms with van der Waals surface area (Å²) < 4.78 is 5.33. The van der Waals surface area contributed by atoms with Gasteiger partial charge in [-0.05, 0) is 33.7 Å². The zero-order valence-electron chi connectivity index (χ0n) is 11.8. The third-order valence-electron chi connectivity index (χ3n) is 4.20. The standard InChI is InChI=1S/C13H22N2O4/c1-13(2)8-15(7-6-14(13)3)11(16)9-4-5-10(19-9)12(17)18/h9-10H,4-8H2,1-3H3,(H,17,18). The average Bonchev–Trinajstić information content (AvgIpc) is 2.81.